The first-order chi connectivity index (χ1) is 18.4. The van der Waals surface area contributed by atoms with Gasteiger partial charge in [0, 0.05) is 44.1 Å². The van der Waals surface area contributed by atoms with E-state index < -0.39 is 27.6 Å². The van der Waals surface area contributed by atoms with Crippen molar-refractivity contribution in [2.24, 2.45) is 5.41 Å². The molecule has 0 radical (unpaired) electrons. The fourth-order valence-electron chi connectivity index (χ4n) is 5.38. The zero-order valence-corrected chi connectivity index (χ0v) is 23.6. The van der Waals surface area contributed by atoms with Crippen LogP contribution in [0.5, 0.6) is 6.01 Å². The Labute approximate surface area is 232 Å². The van der Waals surface area contributed by atoms with E-state index in [-0.39, 0.29) is 60.6 Å². The number of alkyl halides is 3. The van der Waals surface area contributed by atoms with Crippen LogP contribution in [0.15, 0.2) is 10.5 Å². The topological polar surface area (TPSA) is 80.2 Å². The van der Waals surface area contributed by atoms with Crippen molar-refractivity contribution in [3.05, 3.63) is 21.9 Å². The lowest BCUT2D eigenvalue weighted by Crippen LogP contribution is -2.42. The number of likely N-dealkylation sites (tertiary alicyclic amines) is 1. The second kappa shape index (κ2) is 10.9. The molecule has 0 spiro atoms. The standard InChI is InChI=1S/C26H33BrF4N4O4/c1-24(36)12-35(9-10-38-14-24)22-17-11-18(26(29,30)31)19(27)20(28)21(17)32-23(33-22)39-15-25(5-6-25)13-34-7-3-16(37-2)4-8-34/h11,16,36H,3-10,12-15H2,1-2H3. The molecule has 2 saturated heterocycles. The van der Waals surface area contributed by atoms with Crippen LogP contribution in [0.3, 0.4) is 0 Å². The maximum absolute atomic E-state index is 15.4. The van der Waals surface area contributed by atoms with Gasteiger partial charge in [-0.15, -0.1) is 0 Å². The number of fused-ring (bicyclic) bond motifs is 1. The zero-order chi connectivity index (χ0) is 28.0. The number of methoxy groups -OCH3 is 1. The number of aromatic nitrogens is 2. The smallest absolute Gasteiger partial charge is 0.417 e. The molecule has 1 N–H and O–H groups in total. The highest BCUT2D eigenvalue weighted by Gasteiger charge is 2.45. The molecule has 8 nitrogen and oxygen atoms in total. The summed E-state index contributed by atoms with van der Waals surface area (Å²) >= 11 is 2.77. The highest BCUT2D eigenvalue weighted by molar-refractivity contribution is 9.10. The third-order valence-electron chi connectivity index (χ3n) is 7.78. The molecule has 1 aromatic carbocycles. The molecule has 2 aromatic rings. The summed E-state index contributed by atoms with van der Waals surface area (Å²) in [5.74, 6) is -1.09. The average molecular weight is 621 g/mol. The largest absolute Gasteiger partial charge is 0.463 e. The summed E-state index contributed by atoms with van der Waals surface area (Å²) in [6, 6.07) is 0.728. The lowest BCUT2D eigenvalue weighted by molar-refractivity contribution is -0.138. The lowest BCUT2D eigenvalue weighted by atomic mass is 10.0. The van der Waals surface area contributed by atoms with Gasteiger partial charge in [0.25, 0.3) is 0 Å². The number of rotatable bonds is 7. The van der Waals surface area contributed by atoms with Crippen molar-refractivity contribution in [1.29, 1.82) is 0 Å². The van der Waals surface area contributed by atoms with Crippen LogP contribution >= 0.6 is 15.9 Å². The fraction of sp³-hybridized carbons (Fsp3) is 0.692. The number of β-amino-alcohol motifs (C(OH)–C–C–N with tert-alkyl or cyclic N) is 1. The normalized spacial score (nSPS) is 24.7. The van der Waals surface area contributed by atoms with E-state index in [0.29, 0.717) is 6.61 Å². The van der Waals surface area contributed by atoms with Crippen LogP contribution in [0, 0.1) is 11.2 Å². The molecule has 216 valence electrons. The van der Waals surface area contributed by atoms with Crippen molar-refractivity contribution in [1.82, 2.24) is 14.9 Å². The Bertz CT molecular complexity index is 1200. The Morgan fingerprint density at radius 3 is 2.56 bits per heavy atom. The molecule has 2 aliphatic heterocycles. The van der Waals surface area contributed by atoms with E-state index in [1.165, 1.54) is 0 Å². The third-order valence-corrected chi connectivity index (χ3v) is 8.55. The van der Waals surface area contributed by atoms with Gasteiger partial charge in [0.2, 0.25) is 0 Å². The molecule has 1 aromatic heterocycles. The van der Waals surface area contributed by atoms with Crippen molar-refractivity contribution in [3.8, 4) is 6.01 Å². The summed E-state index contributed by atoms with van der Waals surface area (Å²) in [7, 11) is 1.74. The molecule has 5 rings (SSSR count). The number of halogens is 5. The predicted molar refractivity (Wildman–Crippen MR) is 139 cm³/mol. The Balaban J connectivity index is 1.45. The number of benzene rings is 1. The van der Waals surface area contributed by atoms with Gasteiger partial charge >= 0.3 is 12.2 Å². The lowest BCUT2D eigenvalue weighted by Gasteiger charge is -2.33. The first-order valence-electron chi connectivity index (χ1n) is 13.1. The summed E-state index contributed by atoms with van der Waals surface area (Å²) in [5.41, 5.74) is -2.81. The fourth-order valence-corrected chi connectivity index (χ4v) is 5.91. The molecule has 13 heteroatoms. The molecule has 1 aliphatic carbocycles. The highest BCUT2D eigenvalue weighted by atomic mass is 79.9. The van der Waals surface area contributed by atoms with Crippen LogP contribution in [0.1, 0.15) is 38.2 Å². The first-order valence-corrected chi connectivity index (χ1v) is 13.9. The molecule has 3 heterocycles. The van der Waals surface area contributed by atoms with Gasteiger partial charge in [-0.2, -0.15) is 23.1 Å². The van der Waals surface area contributed by atoms with Gasteiger partial charge < -0.3 is 29.1 Å². The summed E-state index contributed by atoms with van der Waals surface area (Å²) in [6.07, 6.45) is -0.625. The first kappa shape index (κ1) is 28.7. The molecule has 0 bridgehead atoms. The van der Waals surface area contributed by atoms with Gasteiger partial charge in [-0.3, -0.25) is 0 Å². The molecule has 1 unspecified atom stereocenters. The Kier molecular flexibility index (Phi) is 8.01. The average Bonchev–Trinajstić information content (AvgIpc) is 3.67. The van der Waals surface area contributed by atoms with Gasteiger partial charge in [-0.1, -0.05) is 0 Å². The van der Waals surface area contributed by atoms with Gasteiger partial charge in [0.15, 0.2) is 5.82 Å². The monoisotopic (exact) mass is 620 g/mol. The van der Waals surface area contributed by atoms with Gasteiger partial charge in [0.1, 0.15) is 16.9 Å². The molecule has 39 heavy (non-hydrogen) atoms. The molecule has 0 amide bonds. The van der Waals surface area contributed by atoms with Gasteiger partial charge in [-0.05, 0) is 54.6 Å². The van der Waals surface area contributed by atoms with E-state index in [1.54, 1.807) is 18.9 Å². The summed E-state index contributed by atoms with van der Waals surface area (Å²) in [5, 5.41) is 10.6. The van der Waals surface area contributed by atoms with Crippen molar-refractivity contribution in [2.75, 3.05) is 64.6 Å². The van der Waals surface area contributed by atoms with E-state index in [1.807, 2.05) is 0 Å². The van der Waals surface area contributed by atoms with E-state index >= 15 is 4.39 Å². The minimum Gasteiger partial charge on any atom is -0.463 e. The summed E-state index contributed by atoms with van der Waals surface area (Å²) in [4.78, 5) is 12.7. The third kappa shape index (κ3) is 6.42. The van der Waals surface area contributed by atoms with Crippen LogP contribution in [0.2, 0.25) is 0 Å². The van der Waals surface area contributed by atoms with E-state index in [4.69, 9.17) is 14.2 Å². The number of piperidine rings is 1. The number of anilines is 1. The molecule has 3 aliphatic rings. The number of nitrogens with zero attached hydrogens (tertiary/aromatic N) is 4. The number of aliphatic hydroxyl groups is 1. The van der Waals surface area contributed by atoms with Crippen LogP contribution in [0.25, 0.3) is 10.9 Å². The highest BCUT2D eigenvalue weighted by Crippen LogP contribution is 2.47. The number of ether oxygens (including phenoxy) is 3. The minimum absolute atomic E-state index is 0.0267. The molecule has 1 saturated carbocycles. The number of hydrogen-bond donors (Lipinski definition) is 1. The molecular weight excluding hydrogens is 588 g/mol. The number of hydrogen-bond acceptors (Lipinski definition) is 8. The molecule has 3 fully saturated rings. The van der Waals surface area contributed by atoms with Crippen molar-refractivity contribution >= 4 is 32.7 Å². The molecular formula is C26H33BrF4N4O4. The van der Waals surface area contributed by atoms with Crippen molar-refractivity contribution in [3.63, 3.8) is 0 Å². The van der Waals surface area contributed by atoms with Gasteiger partial charge in [0.05, 0.1) is 42.5 Å². The zero-order valence-electron chi connectivity index (χ0n) is 22.0. The quantitative estimate of drug-likeness (QED) is 0.456. The van der Waals surface area contributed by atoms with Crippen molar-refractivity contribution in [2.45, 2.75) is 50.5 Å². The van der Waals surface area contributed by atoms with Crippen LogP contribution < -0.4 is 9.64 Å². The van der Waals surface area contributed by atoms with E-state index in [0.717, 1.165) is 51.4 Å². The maximum atomic E-state index is 15.4. The van der Waals surface area contributed by atoms with Crippen LogP contribution in [-0.4, -0.2) is 91.3 Å². The summed E-state index contributed by atoms with van der Waals surface area (Å²) < 4.78 is 72.9. The second-order valence-electron chi connectivity index (χ2n) is 11.2. The Hall–Kier alpha value is -1.80. The molecule has 1 atom stereocenters. The Morgan fingerprint density at radius 1 is 1.21 bits per heavy atom. The van der Waals surface area contributed by atoms with Crippen LogP contribution in [0.4, 0.5) is 23.4 Å². The minimum atomic E-state index is -4.80. The maximum Gasteiger partial charge on any atom is 0.417 e. The van der Waals surface area contributed by atoms with Crippen LogP contribution in [-0.2, 0) is 15.7 Å². The van der Waals surface area contributed by atoms with E-state index in [2.05, 4.69) is 30.8 Å². The van der Waals surface area contributed by atoms with Gasteiger partial charge in [-0.25, -0.2) is 4.39 Å². The SMILES string of the molecule is COC1CCN(CC2(COc3nc(N4CCOCC(C)(O)C4)c4cc(C(F)(F)F)c(Br)c(F)c4n3)CC2)CC1. The van der Waals surface area contributed by atoms with Crippen molar-refractivity contribution < 1.29 is 36.9 Å². The van der Waals surface area contributed by atoms with E-state index in [9.17, 15) is 18.3 Å². The predicted octanol–water partition coefficient (Wildman–Crippen LogP) is 4.41. The Morgan fingerprint density at radius 2 is 1.92 bits per heavy atom. The summed E-state index contributed by atoms with van der Waals surface area (Å²) in [6.45, 7) is 5.14. The second-order valence-corrected chi connectivity index (χ2v) is 12.0.